The topological polar surface area (TPSA) is 38.5 Å². The number of nitrogens with two attached hydrogens (primary N) is 1. The van der Waals surface area contributed by atoms with Gasteiger partial charge in [0.05, 0.1) is 7.11 Å². The molecule has 2 atom stereocenters. The van der Waals surface area contributed by atoms with Gasteiger partial charge in [-0.15, -0.1) is 0 Å². The molecule has 4 heteroatoms. The van der Waals surface area contributed by atoms with Gasteiger partial charge in [0.2, 0.25) is 0 Å². The smallest absolute Gasteiger partial charge is 0.119 e. The molecule has 1 fully saturated rings. The molecular weight excluding hydrogens is 256 g/mol. The number of rotatable bonds is 5. The van der Waals surface area contributed by atoms with E-state index in [1.54, 1.807) is 7.11 Å². The Kier molecular flexibility index (Phi) is 4.76. The second kappa shape index (κ2) is 6.16. The van der Waals surface area contributed by atoms with Crippen molar-refractivity contribution in [2.24, 2.45) is 5.73 Å². The van der Waals surface area contributed by atoms with Gasteiger partial charge in [-0.2, -0.15) is 11.8 Å². The summed E-state index contributed by atoms with van der Waals surface area (Å²) in [5, 5.41) is 0.591. The van der Waals surface area contributed by atoms with Gasteiger partial charge in [-0.05, 0) is 36.9 Å². The van der Waals surface area contributed by atoms with Crippen LogP contribution >= 0.6 is 11.8 Å². The second-order valence-corrected chi connectivity index (χ2v) is 6.73. The number of benzene rings is 1. The van der Waals surface area contributed by atoms with Crippen LogP contribution in [0.3, 0.4) is 0 Å². The minimum Gasteiger partial charge on any atom is -0.497 e. The highest BCUT2D eigenvalue weighted by Crippen LogP contribution is 2.39. The van der Waals surface area contributed by atoms with Crippen LogP contribution in [0.5, 0.6) is 5.75 Å². The van der Waals surface area contributed by atoms with Gasteiger partial charge in [0.1, 0.15) is 5.75 Å². The minimum atomic E-state index is 0.133. The predicted octanol–water partition coefficient (Wildman–Crippen LogP) is 2.35. The molecule has 0 bridgehead atoms. The zero-order valence-electron chi connectivity index (χ0n) is 12.1. The first-order valence-electron chi connectivity index (χ1n) is 6.78. The highest BCUT2D eigenvalue weighted by molar-refractivity contribution is 8.00. The molecule has 2 N–H and O–H groups in total. The van der Waals surface area contributed by atoms with Crippen molar-refractivity contribution in [3.63, 3.8) is 0 Å². The molecule has 2 rings (SSSR count). The summed E-state index contributed by atoms with van der Waals surface area (Å²) >= 11 is 2.03. The lowest BCUT2D eigenvalue weighted by Gasteiger charge is -2.41. The van der Waals surface area contributed by atoms with Gasteiger partial charge in [0.15, 0.2) is 0 Å². The van der Waals surface area contributed by atoms with Crippen LogP contribution < -0.4 is 10.5 Å². The molecule has 0 spiro atoms. The lowest BCUT2D eigenvalue weighted by molar-refractivity contribution is 0.121. The van der Waals surface area contributed by atoms with Gasteiger partial charge >= 0.3 is 0 Å². The Morgan fingerprint density at radius 1 is 1.53 bits per heavy atom. The number of thioether (sulfide) groups is 1. The normalized spacial score (nSPS) is 26.9. The molecule has 0 aromatic heterocycles. The average Bonchev–Trinajstić information content (AvgIpc) is 2.81. The van der Waals surface area contributed by atoms with Crippen molar-refractivity contribution < 1.29 is 4.74 Å². The molecule has 1 aliphatic heterocycles. The fourth-order valence-corrected chi connectivity index (χ4v) is 4.43. The van der Waals surface area contributed by atoms with Gasteiger partial charge < -0.3 is 10.5 Å². The van der Waals surface area contributed by atoms with E-state index in [4.69, 9.17) is 10.5 Å². The molecule has 1 heterocycles. The number of hydrogen-bond donors (Lipinski definition) is 1. The van der Waals surface area contributed by atoms with Crippen molar-refractivity contribution in [1.82, 2.24) is 4.90 Å². The van der Waals surface area contributed by atoms with Crippen LogP contribution in [0.1, 0.15) is 18.9 Å². The van der Waals surface area contributed by atoms with E-state index in [-0.39, 0.29) is 5.54 Å². The van der Waals surface area contributed by atoms with Crippen molar-refractivity contribution in [1.29, 1.82) is 0 Å². The first-order chi connectivity index (χ1) is 9.12. The van der Waals surface area contributed by atoms with E-state index >= 15 is 0 Å². The maximum atomic E-state index is 6.09. The van der Waals surface area contributed by atoms with Crippen LogP contribution in [0.15, 0.2) is 24.3 Å². The van der Waals surface area contributed by atoms with E-state index in [1.807, 2.05) is 23.9 Å². The molecule has 2 unspecified atom stereocenters. The van der Waals surface area contributed by atoms with Crippen molar-refractivity contribution in [3.8, 4) is 5.75 Å². The largest absolute Gasteiger partial charge is 0.497 e. The molecule has 3 nitrogen and oxygen atoms in total. The zero-order valence-corrected chi connectivity index (χ0v) is 12.9. The molecule has 1 saturated heterocycles. The molecule has 1 aromatic carbocycles. The highest BCUT2D eigenvalue weighted by atomic mass is 32.2. The van der Waals surface area contributed by atoms with Crippen molar-refractivity contribution in [2.45, 2.75) is 30.7 Å². The molecule has 1 aromatic rings. The first-order valence-corrected chi connectivity index (χ1v) is 7.83. The maximum Gasteiger partial charge on any atom is 0.119 e. The molecular formula is C15H24N2OS. The minimum absolute atomic E-state index is 0.133. The van der Waals surface area contributed by atoms with Gasteiger partial charge in [0, 0.05) is 23.9 Å². The predicted molar refractivity (Wildman–Crippen MR) is 82.8 cm³/mol. The number of methoxy groups -OCH3 is 1. The van der Waals surface area contributed by atoms with E-state index in [0.29, 0.717) is 5.25 Å². The van der Waals surface area contributed by atoms with Crippen LogP contribution in [0.2, 0.25) is 0 Å². The standard InChI is InChI=1S/C15H24N2OS/c1-12-15(11-16,7-8-19-12)17(2)10-13-5-4-6-14(9-13)18-3/h4-6,9,12H,7-8,10-11,16H2,1-3H3. The highest BCUT2D eigenvalue weighted by Gasteiger charge is 2.42. The second-order valence-electron chi connectivity index (χ2n) is 5.28. The molecule has 106 valence electrons. The van der Waals surface area contributed by atoms with Gasteiger partial charge in [-0.25, -0.2) is 0 Å². The first kappa shape index (κ1) is 14.7. The lowest BCUT2D eigenvalue weighted by atomic mass is 9.90. The average molecular weight is 280 g/mol. The number of hydrogen-bond acceptors (Lipinski definition) is 4. The Morgan fingerprint density at radius 3 is 2.89 bits per heavy atom. The Balaban J connectivity index is 2.13. The summed E-state index contributed by atoms with van der Waals surface area (Å²) in [6.45, 7) is 3.94. The lowest BCUT2D eigenvalue weighted by Crippen LogP contribution is -2.55. The van der Waals surface area contributed by atoms with E-state index < -0.39 is 0 Å². The van der Waals surface area contributed by atoms with E-state index in [2.05, 4.69) is 31.0 Å². The summed E-state index contributed by atoms with van der Waals surface area (Å²) in [6, 6.07) is 8.28. The SMILES string of the molecule is COc1cccc(CN(C)C2(CN)CCSC2C)c1. The number of likely N-dealkylation sites (N-methyl/N-ethyl adjacent to an activating group) is 1. The number of nitrogens with zero attached hydrogens (tertiary/aromatic N) is 1. The maximum absolute atomic E-state index is 6.09. The molecule has 0 radical (unpaired) electrons. The summed E-state index contributed by atoms with van der Waals surface area (Å²) in [5.41, 5.74) is 7.50. The van der Waals surface area contributed by atoms with Crippen molar-refractivity contribution in [3.05, 3.63) is 29.8 Å². The molecule has 0 aliphatic carbocycles. The quantitative estimate of drug-likeness (QED) is 0.898. The van der Waals surface area contributed by atoms with Crippen LogP contribution in [-0.4, -0.2) is 42.1 Å². The van der Waals surface area contributed by atoms with Crippen LogP contribution in [0.25, 0.3) is 0 Å². The Hall–Kier alpha value is -0.710. The van der Waals surface area contributed by atoms with Crippen LogP contribution in [0.4, 0.5) is 0 Å². The van der Waals surface area contributed by atoms with E-state index in [1.165, 1.54) is 17.7 Å². The number of ether oxygens (including phenoxy) is 1. The summed E-state index contributed by atoms with van der Waals surface area (Å²) in [5.74, 6) is 2.13. The molecule has 19 heavy (non-hydrogen) atoms. The molecule has 0 amide bonds. The fourth-order valence-electron chi connectivity index (χ4n) is 2.90. The fraction of sp³-hybridized carbons (Fsp3) is 0.600. The Morgan fingerprint density at radius 2 is 2.32 bits per heavy atom. The zero-order chi connectivity index (χ0) is 13.9. The summed E-state index contributed by atoms with van der Waals surface area (Å²) < 4.78 is 5.29. The third-order valence-corrected chi connectivity index (χ3v) is 5.71. The third kappa shape index (κ3) is 2.91. The van der Waals surface area contributed by atoms with Crippen molar-refractivity contribution in [2.75, 3.05) is 26.5 Å². The van der Waals surface area contributed by atoms with E-state index in [0.717, 1.165) is 18.8 Å². The summed E-state index contributed by atoms with van der Waals surface area (Å²) in [6.07, 6.45) is 1.18. The van der Waals surface area contributed by atoms with E-state index in [9.17, 15) is 0 Å². The van der Waals surface area contributed by atoms with Gasteiger partial charge in [-0.1, -0.05) is 19.1 Å². The summed E-state index contributed by atoms with van der Waals surface area (Å²) in [4.78, 5) is 2.42. The third-order valence-electron chi connectivity index (χ3n) is 4.33. The van der Waals surface area contributed by atoms with Crippen LogP contribution in [0, 0.1) is 0 Å². The molecule has 1 aliphatic rings. The Labute approximate surface area is 120 Å². The Bertz CT molecular complexity index is 426. The summed E-state index contributed by atoms with van der Waals surface area (Å²) in [7, 11) is 3.90. The van der Waals surface area contributed by atoms with Gasteiger partial charge in [-0.3, -0.25) is 4.90 Å². The van der Waals surface area contributed by atoms with Crippen LogP contribution in [-0.2, 0) is 6.54 Å². The van der Waals surface area contributed by atoms with Crippen molar-refractivity contribution >= 4 is 11.8 Å². The monoisotopic (exact) mass is 280 g/mol. The molecule has 0 saturated carbocycles. The van der Waals surface area contributed by atoms with Gasteiger partial charge in [0.25, 0.3) is 0 Å².